The van der Waals surface area contributed by atoms with Gasteiger partial charge in [0.1, 0.15) is 5.82 Å². The van der Waals surface area contributed by atoms with E-state index in [0.29, 0.717) is 12.5 Å². The van der Waals surface area contributed by atoms with Crippen LogP contribution in [0.1, 0.15) is 41.9 Å². The number of aromatic amines is 1. The van der Waals surface area contributed by atoms with Crippen LogP contribution in [0.3, 0.4) is 0 Å². The third-order valence-electron chi connectivity index (χ3n) is 5.87. The highest BCUT2D eigenvalue weighted by atomic mass is 35.5. The summed E-state index contributed by atoms with van der Waals surface area (Å²) in [5.41, 5.74) is 3.79. The van der Waals surface area contributed by atoms with Crippen LogP contribution >= 0.6 is 12.4 Å². The number of nitrogens with zero attached hydrogens (tertiary/aromatic N) is 2. The van der Waals surface area contributed by atoms with Gasteiger partial charge in [0.15, 0.2) is 0 Å². The van der Waals surface area contributed by atoms with Gasteiger partial charge in [-0.1, -0.05) is 36.4 Å². The molecule has 0 bridgehead atoms. The van der Waals surface area contributed by atoms with E-state index in [1.165, 1.54) is 6.07 Å². The highest BCUT2D eigenvalue weighted by molar-refractivity contribution is 5.94. The topological polar surface area (TPSA) is 61.0 Å². The Morgan fingerprint density at radius 2 is 1.97 bits per heavy atom. The third-order valence-corrected chi connectivity index (χ3v) is 5.87. The number of carbonyl (C=O) groups is 1. The average Bonchev–Trinajstić information content (AvgIpc) is 3.45. The Kier molecular flexibility index (Phi) is 8.04. The van der Waals surface area contributed by atoms with Gasteiger partial charge in [0.05, 0.1) is 23.5 Å². The number of rotatable bonds is 7. The van der Waals surface area contributed by atoms with Crippen molar-refractivity contribution in [1.82, 2.24) is 20.4 Å². The van der Waals surface area contributed by atoms with Crippen molar-refractivity contribution < 1.29 is 9.18 Å². The van der Waals surface area contributed by atoms with Crippen LogP contribution in [-0.2, 0) is 13.0 Å². The SMILES string of the molecule is CC(C)N(Cc1cc(-c2ccccc2)n[nH]1)C(=O)c1cc(CC2CCNC2)ccc1F.Cl. The maximum Gasteiger partial charge on any atom is 0.257 e. The molecule has 4 rings (SSSR count). The van der Waals surface area contributed by atoms with E-state index in [9.17, 15) is 9.18 Å². The van der Waals surface area contributed by atoms with E-state index >= 15 is 0 Å². The molecule has 1 amide bonds. The summed E-state index contributed by atoms with van der Waals surface area (Å²) in [5.74, 6) is -0.232. The monoisotopic (exact) mass is 456 g/mol. The lowest BCUT2D eigenvalue weighted by molar-refractivity contribution is 0.0683. The molecule has 0 aliphatic carbocycles. The molecule has 1 aliphatic rings. The fourth-order valence-corrected chi connectivity index (χ4v) is 4.11. The largest absolute Gasteiger partial charge is 0.330 e. The molecule has 0 radical (unpaired) electrons. The zero-order valence-electron chi connectivity index (χ0n) is 18.5. The van der Waals surface area contributed by atoms with Crippen LogP contribution < -0.4 is 5.32 Å². The molecule has 1 aliphatic heterocycles. The van der Waals surface area contributed by atoms with Crippen molar-refractivity contribution in [2.45, 2.75) is 39.3 Å². The van der Waals surface area contributed by atoms with Crippen molar-refractivity contribution in [1.29, 1.82) is 0 Å². The van der Waals surface area contributed by atoms with Crippen LogP contribution in [0.5, 0.6) is 0 Å². The van der Waals surface area contributed by atoms with Crippen LogP contribution in [0.4, 0.5) is 4.39 Å². The highest BCUT2D eigenvalue weighted by Crippen LogP contribution is 2.22. The molecule has 0 spiro atoms. The molecule has 5 nitrogen and oxygen atoms in total. The Morgan fingerprint density at radius 3 is 2.66 bits per heavy atom. The molecule has 2 aromatic carbocycles. The van der Waals surface area contributed by atoms with Crippen LogP contribution in [0.25, 0.3) is 11.3 Å². The molecule has 1 fully saturated rings. The van der Waals surface area contributed by atoms with Gasteiger partial charge in [0.2, 0.25) is 0 Å². The Bertz CT molecular complexity index is 1030. The summed E-state index contributed by atoms with van der Waals surface area (Å²) in [6.07, 6.45) is 1.97. The smallest absolute Gasteiger partial charge is 0.257 e. The molecular weight excluding hydrogens is 427 g/mol. The van der Waals surface area contributed by atoms with Gasteiger partial charge in [-0.25, -0.2) is 4.39 Å². The molecule has 170 valence electrons. The second kappa shape index (κ2) is 10.7. The van der Waals surface area contributed by atoms with E-state index in [4.69, 9.17) is 0 Å². The van der Waals surface area contributed by atoms with E-state index in [1.54, 1.807) is 17.0 Å². The van der Waals surface area contributed by atoms with Crippen molar-refractivity contribution in [3.05, 3.63) is 77.2 Å². The van der Waals surface area contributed by atoms with E-state index in [-0.39, 0.29) is 29.9 Å². The summed E-state index contributed by atoms with van der Waals surface area (Å²) in [5, 5.41) is 10.8. The van der Waals surface area contributed by atoms with Crippen molar-refractivity contribution in [3.63, 3.8) is 0 Å². The number of amides is 1. The van der Waals surface area contributed by atoms with Gasteiger partial charge in [-0.2, -0.15) is 5.10 Å². The van der Waals surface area contributed by atoms with Gasteiger partial charge in [0.25, 0.3) is 5.91 Å². The van der Waals surface area contributed by atoms with Gasteiger partial charge in [-0.15, -0.1) is 12.4 Å². The number of benzene rings is 2. The second-order valence-electron chi connectivity index (χ2n) is 8.55. The fraction of sp³-hybridized carbons (Fsp3) is 0.360. The maximum atomic E-state index is 14.6. The van der Waals surface area contributed by atoms with Crippen molar-refractivity contribution in [3.8, 4) is 11.3 Å². The quantitative estimate of drug-likeness (QED) is 0.534. The predicted octanol–water partition coefficient (Wildman–Crippen LogP) is 4.84. The fourth-order valence-electron chi connectivity index (χ4n) is 4.11. The maximum absolute atomic E-state index is 14.6. The Morgan fingerprint density at radius 1 is 1.19 bits per heavy atom. The number of carbonyl (C=O) groups excluding carboxylic acids is 1. The molecule has 0 saturated carbocycles. The zero-order chi connectivity index (χ0) is 21.8. The lowest BCUT2D eigenvalue weighted by atomic mass is 9.97. The molecule has 32 heavy (non-hydrogen) atoms. The van der Waals surface area contributed by atoms with E-state index in [0.717, 1.165) is 48.4 Å². The Hall–Kier alpha value is -2.70. The first kappa shape index (κ1) is 24.0. The Labute approximate surface area is 194 Å². The van der Waals surface area contributed by atoms with E-state index < -0.39 is 5.82 Å². The summed E-state index contributed by atoms with van der Waals surface area (Å²) in [6, 6.07) is 16.7. The molecular formula is C25H30ClFN4O. The first-order valence-electron chi connectivity index (χ1n) is 10.9. The first-order valence-corrected chi connectivity index (χ1v) is 10.9. The predicted molar refractivity (Wildman–Crippen MR) is 127 cm³/mol. The van der Waals surface area contributed by atoms with Crippen molar-refractivity contribution in [2.24, 2.45) is 5.92 Å². The van der Waals surface area contributed by atoms with Crippen LogP contribution in [0.2, 0.25) is 0 Å². The normalized spacial score (nSPS) is 15.6. The highest BCUT2D eigenvalue weighted by Gasteiger charge is 2.24. The van der Waals surface area contributed by atoms with Gasteiger partial charge in [-0.3, -0.25) is 9.89 Å². The number of nitrogens with one attached hydrogen (secondary N) is 2. The number of aromatic nitrogens is 2. The molecule has 1 atom stereocenters. The number of hydrogen-bond acceptors (Lipinski definition) is 3. The molecule has 3 aromatic rings. The minimum Gasteiger partial charge on any atom is -0.330 e. The lowest BCUT2D eigenvalue weighted by Crippen LogP contribution is -2.37. The van der Waals surface area contributed by atoms with Crippen LogP contribution in [-0.4, -0.2) is 40.1 Å². The van der Waals surface area contributed by atoms with E-state index in [2.05, 4.69) is 15.5 Å². The summed E-state index contributed by atoms with van der Waals surface area (Å²) in [7, 11) is 0. The molecule has 2 heterocycles. The first-order chi connectivity index (χ1) is 15.0. The van der Waals surface area contributed by atoms with Gasteiger partial charge in [0, 0.05) is 11.6 Å². The van der Waals surface area contributed by atoms with Gasteiger partial charge >= 0.3 is 0 Å². The summed E-state index contributed by atoms with van der Waals surface area (Å²) in [4.78, 5) is 15.0. The van der Waals surface area contributed by atoms with Gasteiger partial charge < -0.3 is 10.2 Å². The molecule has 1 unspecified atom stereocenters. The zero-order valence-corrected chi connectivity index (χ0v) is 19.3. The molecule has 1 saturated heterocycles. The Balaban J connectivity index is 0.00000289. The van der Waals surface area contributed by atoms with Crippen LogP contribution in [0, 0.1) is 11.7 Å². The average molecular weight is 457 g/mol. The summed E-state index contributed by atoms with van der Waals surface area (Å²) >= 11 is 0. The standard InChI is InChI=1S/C25H29FN4O.ClH/c1-17(2)30(16-21-14-24(29-28-21)20-6-4-3-5-7-20)25(31)22-13-18(8-9-23(22)26)12-19-10-11-27-15-19;/h3-9,13-14,17,19,27H,10-12,15-16H2,1-2H3,(H,28,29);1H. The minimum atomic E-state index is -0.474. The van der Waals surface area contributed by atoms with Crippen molar-refractivity contribution >= 4 is 18.3 Å². The second-order valence-corrected chi connectivity index (χ2v) is 8.55. The number of halogens is 2. The summed E-state index contributed by atoms with van der Waals surface area (Å²) in [6.45, 7) is 6.22. The number of H-pyrrole nitrogens is 1. The lowest BCUT2D eigenvalue weighted by Gasteiger charge is -2.26. The van der Waals surface area contributed by atoms with Crippen molar-refractivity contribution in [2.75, 3.05) is 13.1 Å². The minimum absolute atomic E-state index is 0. The number of hydrogen-bond donors (Lipinski definition) is 2. The summed E-state index contributed by atoms with van der Waals surface area (Å²) < 4.78 is 14.6. The molecule has 1 aromatic heterocycles. The van der Waals surface area contributed by atoms with E-state index in [1.807, 2.05) is 50.2 Å². The van der Waals surface area contributed by atoms with Gasteiger partial charge in [-0.05, 0) is 69.5 Å². The third kappa shape index (κ3) is 5.56. The van der Waals surface area contributed by atoms with Crippen LogP contribution in [0.15, 0.2) is 54.6 Å². The molecule has 7 heteroatoms. The molecule has 2 N–H and O–H groups in total.